The molecule has 108 valence electrons. The number of esters is 1. The van der Waals surface area contributed by atoms with Crippen molar-refractivity contribution in [1.29, 1.82) is 0 Å². The molecule has 0 unspecified atom stereocenters. The molecule has 7 nitrogen and oxygen atoms in total. The van der Waals surface area contributed by atoms with Gasteiger partial charge in [0.15, 0.2) is 0 Å². The second kappa shape index (κ2) is 4.88. The van der Waals surface area contributed by atoms with Gasteiger partial charge in [0.05, 0.1) is 10.5 Å². The first-order valence-corrected chi connectivity index (χ1v) is 7.15. The Morgan fingerprint density at radius 3 is 2.60 bits per heavy atom. The minimum atomic E-state index is -3.66. The Bertz CT molecular complexity index is 677. The Balaban J connectivity index is 2.50. The van der Waals surface area contributed by atoms with Crippen LogP contribution in [0.4, 0.5) is 0 Å². The van der Waals surface area contributed by atoms with Gasteiger partial charge in [0.2, 0.25) is 10.0 Å². The molecule has 1 aliphatic rings. The first-order valence-electron chi connectivity index (χ1n) is 5.71. The molecular weight excluding hydrogens is 286 g/mol. The van der Waals surface area contributed by atoms with Crippen LogP contribution in [0.15, 0.2) is 23.1 Å². The fourth-order valence-electron chi connectivity index (χ4n) is 1.92. The maximum absolute atomic E-state index is 12.0. The molecule has 20 heavy (non-hydrogen) atoms. The second-order valence-electron chi connectivity index (χ2n) is 4.51. The molecule has 0 amide bonds. The van der Waals surface area contributed by atoms with E-state index in [4.69, 9.17) is 4.74 Å². The fourth-order valence-corrected chi connectivity index (χ4v) is 2.86. The normalized spacial score (nSPS) is 17.9. The predicted molar refractivity (Wildman–Crippen MR) is 65.1 cm³/mol. The molecule has 1 aromatic rings. The average molecular weight is 298 g/mol. The van der Waals surface area contributed by atoms with E-state index in [0.717, 1.165) is 4.31 Å². The van der Waals surface area contributed by atoms with Crippen LogP contribution in [-0.4, -0.2) is 38.8 Å². The van der Waals surface area contributed by atoms with Crippen LogP contribution in [0.1, 0.15) is 28.4 Å². The van der Waals surface area contributed by atoms with Crippen LogP contribution >= 0.6 is 0 Å². The highest BCUT2D eigenvalue weighted by molar-refractivity contribution is 7.89. The molecular formula is C12H12NO6S-. The van der Waals surface area contributed by atoms with E-state index in [1.807, 2.05) is 0 Å². The molecule has 0 fully saturated rings. The van der Waals surface area contributed by atoms with Gasteiger partial charge in [-0.3, -0.25) is 0 Å². The topological polar surface area (TPSA) is 104 Å². The molecule has 0 spiro atoms. The number of benzene rings is 1. The summed E-state index contributed by atoms with van der Waals surface area (Å²) in [6.07, 6.45) is -1.52. The zero-order valence-electron chi connectivity index (χ0n) is 10.8. The summed E-state index contributed by atoms with van der Waals surface area (Å²) < 4.78 is 30.0. The third-order valence-electron chi connectivity index (χ3n) is 2.97. The molecule has 0 bridgehead atoms. The van der Waals surface area contributed by atoms with E-state index in [1.54, 1.807) is 0 Å². The maximum Gasteiger partial charge on any atom is 0.339 e. The van der Waals surface area contributed by atoms with E-state index < -0.39 is 34.5 Å². The van der Waals surface area contributed by atoms with Gasteiger partial charge in [0.25, 0.3) is 0 Å². The van der Waals surface area contributed by atoms with Crippen molar-refractivity contribution >= 4 is 22.0 Å². The van der Waals surface area contributed by atoms with Crippen molar-refractivity contribution in [3.8, 4) is 0 Å². The lowest BCUT2D eigenvalue weighted by Gasteiger charge is -2.14. The molecule has 1 heterocycles. The smallest absolute Gasteiger partial charge is 0.339 e. The summed E-state index contributed by atoms with van der Waals surface area (Å²) in [4.78, 5) is 22.2. The Hall–Kier alpha value is -1.93. The number of carboxylic acids is 1. The predicted octanol–water partition coefficient (Wildman–Crippen LogP) is -0.712. The summed E-state index contributed by atoms with van der Waals surface area (Å²) in [5, 5.41) is 10.6. The average Bonchev–Trinajstić information content (AvgIpc) is 2.65. The van der Waals surface area contributed by atoms with Crippen molar-refractivity contribution in [2.24, 2.45) is 0 Å². The number of hydrogen-bond acceptors (Lipinski definition) is 6. The van der Waals surface area contributed by atoms with Gasteiger partial charge in [-0.05, 0) is 18.2 Å². The van der Waals surface area contributed by atoms with Gasteiger partial charge in [0, 0.05) is 32.0 Å². The lowest BCUT2D eigenvalue weighted by Crippen LogP contribution is -2.25. The van der Waals surface area contributed by atoms with Crippen LogP contribution in [0.5, 0.6) is 0 Å². The molecule has 0 radical (unpaired) electrons. The van der Waals surface area contributed by atoms with Gasteiger partial charge in [-0.2, -0.15) is 0 Å². The van der Waals surface area contributed by atoms with E-state index in [2.05, 4.69) is 0 Å². The van der Waals surface area contributed by atoms with E-state index in [9.17, 15) is 23.1 Å². The van der Waals surface area contributed by atoms with Gasteiger partial charge in [-0.25, -0.2) is 17.5 Å². The Kier molecular flexibility index (Phi) is 3.53. The largest absolute Gasteiger partial charge is 0.550 e. The zero-order chi connectivity index (χ0) is 15.1. The summed E-state index contributed by atoms with van der Waals surface area (Å²) in [7, 11) is -0.909. The third kappa shape index (κ3) is 2.39. The van der Waals surface area contributed by atoms with Crippen LogP contribution in [0.2, 0.25) is 0 Å². The number of aliphatic carboxylic acids is 1. The van der Waals surface area contributed by atoms with E-state index in [1.165, 1.54) is 32.3 Å². The number of hydrogen-bond donors (Lipinski definition) is 0. The van der Waals surface area contributed by atoms with Crippen LogP contribution in [-0.2, 0) is 19.6 Å². The van der Waals surface area contributed by atoms with Gasteiger partial charge in [-0.15, -0.1) is 0 Å². The number of ether oxygens (including phenoxy) is 1. The van der Waals surface area contributed by atoms with Crippen molar-refractivity contribution in [3.05, 3.63) is 29.3 Å². The Labute approximate surface area is 115 Å². The number of fused-ring (bicyclic) bond motifs is 1. The quantitative estimate of drug-likeness (QED) is 0.680. The van der Waals surface area contributed by atoms with Crippen molar-refractivity contribution in [1.82, 2.24) is 4.31 Å². The van der Waals surface area contributed by atoms with Crippen molar-refractivity contribution in [2.75, 3.05) is 14.1 Å². The highest BCUT2D eigenvalue weighted by Crippen LogP contribution is 2.34. The Morgan fingerprint density at radius 2 is 2.05 bits per heavy atom. The summed E-state index contributed by atoms with van der Waals surface area (Å²) >= 11 is 0. The second-order valence-corrected chi connectivity index (χ2v) is 6.66. The number of carboxylic acid groups (broad SMARTS) is 1. The number of sulfonamides is 1. The first-order chi connectivity index (χ1) is 9.23. The summed E-state index contributed by atoms with van der Waals surface area (Å²) in [6, 6.07) is 3.88. The molecule has 0 N–H and O–H groups in total. The van der Waals surface area contributed by atoms with Crippen LogP contribution in [0.25, 0.3) is 0 Å². The fraction of sp³-hybridized carbons (Fsp3) is 0.333. The third-order valence-corrected chi connectivity index (χ3v) is 4.78. The number of nitrogens with zero attached hydrogens (tertiary/aromatic N) is 1. The first kappa shape index (κ1) is 14.5. The van der Waals surface area contributed by atoms with E-state index in [0.29, 0.717) is 0 Å². The number of rotatable bonds is 4. The number of carbonyl (C=O) groups is 2. The number of cyclic esters (lactones) is 1. The van der Waals surface area contributed by atoms with Gasteiger partial charge in [0.1, 0.15) is 6.10 Å². The van der Waals surface area contributed by atoms with Crippen LogP contribution in [0, 0.1) is 0 Å². The van der Waals surface area contributed by atoms with Crippen molar-refractivity contribution in [2.45, 2.75) is 17.4 Å². The van der Waals surface area contributed by atoms with Gasteiger partial charge >= 0.3 is 5.97 Å². The molecule has 1 atom stereocenters. The summed E-state index contributed by atoms with van der Waals surface area (Å²) in [6.45, 7) is 0. The lowest BCUT2D eigenvalue weighted by molar-refractivity contribution is -0.307. The van der Waals surface area contributed by atoms with Crippen LogP contribution < -0.4 is 5.11 Å². The molecule has 0 aliphatic carbocycles. The van der Waals surface area contributed by atoms with E-state index >= 15 is 0 Å². The highest BCUT2D eigenvalue weighted by Gasteiger charge is 2.32. The standard InChI is InChI=1S/C12H13NO6S/c1-13(2)20(17,18)7-3-4-8-9(5-7)10(6-11(14)15)19-12(8)16/h3-5,10H,6H2,1-2H3,(H,14,15)/p-1/t10-/m1/s1. The van der Waals surface area contributed by atoms with Gasteiger partial charge < -0.3 is 14.6 Å². The Morgan fingerprint density at radius 1 is 1.40 bits per heavy atom. The molecule has 0 saturated carbocycles. The number of carbonyl (C=O) groups excluding carboxylic acids is 2. The minimum absolute atomic E-state index is 0.0251. The minimum Gasteiger partial charge on any atom is -0.550 e. The molecule has 2 rings (SSSR count). The molecule has 0 saturated heterocycles. The molecule has 0 aromatic heterocycles. The molecule has 8 heteroatoms. The summed E-state index contributed by atoms with van der Waals surface area (Å²) in [5.41, 5.74) is 0.427. The van der Waals surface area contributed by atoms with E-state index in [-0.39, 0.29) is 16.0 Å². The highest BCUT2D eigenvalue weighted by atomic mass is 32.2. The van der Waals surface area contributed by atoms with Crippen molar-refractivity contribution < 1.29 is 27.9 Å². The monoisotopic (exact) mass is 298 g/mol. The van der Waals surface area contributed by atoms with Gasteiger partial charge in [-0.1, -0.05) is 0 Å². The van der Waals surface area contributed by atoms with Crippen molar-refractivity contribution in [3.63, 3.8) is 0 Å². The molecule has 1 aliphatic heterocycles. The SMILES string of the molecule is CN(C)S(=O)(=O)c1ccc2c(c1)[C@@H](CC(=O)[O-])OC2=O. The zero-order valence-corrected chi connectivity index (χ0v) is 11.6. The van der Waals surface area contributed by atoms with Crippen LogP contribution in [0.3, 0.4) is 0 Å². The molecule has 1 aromatic carbocycles. The maximum atomic E-state index is 12.0. The summed E-state index contributed by atoms with van der Waals surface area (Å²) in [5.74, 6) is -2.04. The lowest BCUT2D eigenvalue weighted by atomic mass is 10.0.